The molecular formula is C19H21N3O2. The number of imidazole rings is 1. The third-order valence-corrected chi connectivity index (χ3v) is 4.97. The van der Waals surface area contributed by atoms with Crippen molar-refractivity contribution in [3.8, 4) is 0 Å². The fraction of sp³-hybridized carbons (Fsp3) is 0.368. The van der Waals surface area contributed by atoms with Crippen LogP contribution in [0.25, 0.3) is 5.57 Å². The summed E-state index contributed by atoms with van der Waals surface area (Å²) in [5.74, 6) is 0.599. The van der Waals surface area contributed by atoms with Crippen molar-refractivity contribution in [1.29, 1.82) is 0 Å². The van der Waals surface area contributed by atoms with Crippen LogP contribution in [0.5, 0.6) is 0 Å². The number of nitrogens with one attached hydrogen (secondary N) is 1. The van der Waals surface area contributed by atoms with E-state index in [1.54, 1.807) is 6.20 Å². The Morgan fingerprint density at radius 2 is 2.04 bits per heavy atom. The molecule has 0 spiro atoms. The molecule has 0 atom stereocenters. The van der Waals surface area contributed by atoms with Gasteiger partial charge in [-0.15, -0.1) is 0 Å². The molecule has 0 unspecified atom stereocenters. The van der Waals surface area contributed by atoms with Crippen LogP contribution in [0, 0.1) is 0 Å². The molecule has 0 aliphatic carbocycles. The molecule has 2 aliphatic heterocycles. The van der Waals surface area contributed by atoms with Gasteiger partial charge in [0.05, 0.1) is 19.9 Å². The molecule has 1 fully saturated rings. The minimum atomic E-state index is -0.325. The number of carbonyl (C=O) groups is 1. The summed E-state index contributed by atoms with van der Waals surface area (Å²) in [6, 6.07) is 8.53. The molecule has 4 rings (SSSR count). The number of nitrogens with zero attached hydrogens (tertiary/aromatic N) is 2. The van der Waals surface area contributed by atoms with Crippen molar-refractivity contribution in [2.75, 3.05) is 20.2 Å². The van der Waals surface area contributed by atoms with Gasteiger partial charge in [-0.25, -0.2) is 9.78 Å². The molecule has 1 N–H and O–H groups in total. The molecule has 1 aromatic carbocycles. The summed E-state index contributed by atoms with van der Waals surface area (Å²) in [4.78, 5) is 16.6. The number of carbonyl (C=O) groups excluding carboxylic acids is 1. The molecule has 5 heteroatoms. The average molecular weight is 323 g/mol. The molecule has 3 heterocycles. The molecule has 0 saturated carbocycles. The number of methoxy groups -OCH3 is 1. The van der Waals surface area contributed by atoms with E-state index in [0.717, 1.165) is 38.2 Å². The quantitative estimate of drug-likeness (QED) is 0.819. The number of benzene rings is 1. The normalized spacial score (nSPS) is 17.0. The van der Waals surface area contributed by atoms with Crippen LogP contribution in [0.4, 0.5) is 0 Å². The van der Waals surface area contributed by atoms with Crippen LogP contribution in [0.3, 0.4) is 0 Å². The minimum absolute atomic E-state index is 0.325. The van der Waals surface area contributed by atoms with E-state index in [4.69, 9.17) is 4.74 Å². The standard InChI is InChI=1S/C19H21N3O2/c1-24-19(23)17-11-21-18-10-14-4-2-3-5-15(14)16(12-22(17)18)13-6-8-20-9-7-13/h2-5,11,20H,6-10,12H2,1H3. The smallest absolute Gasteiger partial charge is 0.356 e. The van der Waals surface area contributed by atoms with Crippen molar-refractivity contribution in [2.24, 2.45) is 0 Å². The first-order valence-electron chi connectivity index (χ1n) is 8.40. The van der Waals surface area contributed by atoms with Crippen molar-refractivity contribution in [2.45, 2.75) is 25.8 Å². The molecule has 1 saturated heterocycles. The summed E-state index contributed by atoms with van der Waals surface area (Å²) in [5.41, 5.74) is 5.94. The van der Waals surface area contributed by atoms with Crippen molar-refractivity contribution in [1.82, 2.24) is 14.9 Å². The summed E-state index contributed by atoms with van der Waals surface area (Å²) >= 11 is 0. The van der Waals surface area contributed by atoms with Gasteiger partial charge < -0.3 is 14.6 Å². The number of rotatable bonds is 1. The lowest BCUT2D eigenvalue weighted by atomic mass is 9.91. The number of aromatic nitrogens is 2. The van der Waals surface area contributed by atoms with Gasteiger partial charge in [-0.05, 0) is 42.6 Å². The number of piperidine rings is 1. The van der Waals surface area contributed by atoms with Crippen molar-refractivity contribution in [3.63, 3.8) is 0 Å². The Morgan fingerprint density at radius 1 is 1.25 bits per heavy atom. The Hall–Kier alpha value is -2.40. The first-order valence-corrected chi connectivity index (χ1v) is 8.40. The highest BCUT2D eigenvalue weighted by Crippen LogP contribution is 2.33. The Morgan fingerprint density at radius 3 is 2.83 bits per heavy atom. The van der Waals surface area contributed by atoms with Crippen molar-refractivity contribution >= 4 is 11.5 Å². The van der Waals surface area contributed by atoms with Gasteiger partial charge in [-0.2, -0.15) is 0 Å². The number of hydrogen-bond donors (Lipinski definition) is 1. The zero-order chi connectivity index (χ0) is 16.5. The second-order valence-electron chi connectivity index (χ2n) is 6.30. The van der Waals surface area contributed by atoms with Crippen molar-refractivity contribution < 1.29 is 9.53 Å². The van der Waals surface area contributed by atoms with Gasteiger partial charge in [0.25, 0.3) is 0 Å². The lowest BCUT2D eigenvalue weighted by molar-refractivity contribution is 0.0589. The summed E-state index contributed by atoms with van der Waals surface area (Å²) in [6.45, 7) is 2.72. The highest BCUT2D eigenvalue weighted by molar-refractivity contribution is 5.88. The van der Waals surface area contributed by atoms with Crippen LogP contribution in [0.15, 0.2) is 36.0 Å². The van der Waals surface area contributed by atoms with Crippen LogP contribution < -0.4 is 5.32 Å². The topological polar surface area (TPSA) is 56.1 Å². The Labute approximate surface area is 141 Å². The molecule has 2 aromatic rings. The highest BCUT2D eigenvalue weighted by Gasteiger charge is 2.25. The Kier molecular flexibility index (Phi) is 3.94. The van der Waals surface area contributed by atoms with E-state index in [-0.39, 0.29) is 5.97 Å². The average Bonchev–Trinajstić information content (AvgIpc) is 2.95. The van der Waals surface area contributed by atoms with Gasteiger partial charge in [-0.1, -0.05) is 29.8 Å². The zero-order valence-corrected chi connectivity index (χ0v) is 13.8. The van der Waals surface area contributed by atoms with E-state index in [1.807, 2.05) is 4.57 Å². The molecule has 5 nitrogen and oxygen atoms in total. The zero-order valence-electron chi connectivity index (χ0n) is 13.8. The lowest BCUT2D eigenvalue weighted by Gasteiger charge is -2.21. The van der Waals surface area contributed by atoms with Crippen LogP contribution in [0.1, 0.15) is 40.3 Å². The number of fused-ring (bicyclic) bond motifs is 2. The Bertz CT molecular complexity index is 812. The number of hydrogen-bond acceptors (Lipinski definition) is 4. The summed E-state index contributed by atoms with van der Waals surface area (Å²) in [6.07, 6.45) is 4.49. The number of ether oxygens (including phenoxy) is 1. The summed E-state index contributed by atoms with van der Waals surface area (Å²) in [5, 5.41) is 3.42. The third kappa shape index (κ3) is 2.55. The third-order valence-electron chi connectivity index (χ3n) is 4.97. The molecule has 0 bridgehead atoms. The summed E-state index contributed by atoms with van der Waals surface area (Å²) in [7, 11) is 1.42. The molecule has 124 valence electrons. The fourth-order valence-corrected chi connectivity index (χ4v) is 3.71. The molecule has 0 amide bonds. The second-order valence-corrected chi connectivity index (χ2v) is 6.30. The van der Waals surface area contributed by atoms with E-state index in [2.05, 4.69) is 34.6 Å². The predicted octanol–water partition coefficient (Wildman–Crippen LogP) is 2.41. The van der Waals surface area contributed by atoms with E-state index in [0.29, 0.717) is 12.2 Å². The first-order chi connectivity index (χ1) is 11.8. The highest BCUT2D eigenvalue weighted by atomic mass is 16.5. The van der Waals surface area contributed by atoms with Gasteiger partial charge in [0.1, 0.15) is 11.5 Å². The van der Waals surface area contributed by atoms with Gasteiger partial charge in [0.2, 0.25) is 0 Å². The van der Waals surface area contributed by atoms with Gasteiger partial charge in [0, 0.05) is 6.42 Å². The molecule has 24 heavy (non-hydrogen) atoms. The minimum Gasteiger partial charge on any atom is -0.464 e. The SMILES string of the molecule is COC(=O)c1cnc2n1CC(=C1CCNCC1)c1ccccc1C2. The maximum Gasteiger partial charge on any atom is 0.356 e. The lowest BCUT2D eigenvalue weighted by Crippen LogP contribution is -2.24. The van der Waals surface area contributed by atoms with Crippen LogP contribution in [-0.4, -0.2) is 35.7 Å². The fourth-order valence-electron chi connectivity index (χ4n) is 3.71. The number of esters is 1. The van der Waals surface area contributed by atoms with Crippen molar-refractivity contribution in [3.05, 3.63) is 58.7 Å². The molecule has 1 aromatic heterocycles. The Balaban J connectivity index is 1.88. The maximum atomic E-state index is 12.1. The van der Waals surface area contributed by atoms with E-state index < -0.39 is 0 Å². The predicted molar refractivity (Wildman–Crippen MR) is 91.8 cm³/mol. The molecule has 0 radical (unpaired) electrons. The van der Waals surface area contributed by atoms with E-state index in [1.165, 1.54) is 29.4 Å². The van der Waals surface area contributed by atoms with Crippen LogP contribution in [0.2, 0.25) is 0 Å². The first kappa shape index (κ1) is 15.1. The second kappa shape index (κ2) is 6.24. The van der Waals surface area contributed by atoms with Gasteiger partial charge in [0.15, 0.2) is 0 Å². The van der Waals surface area contributed by atoms with Crippen LogP contribution >= 0.6 is 0 Å². The molecule has 2 aliphatic rings. The molecular weight excluding hydrogens is 302 g/mol. The monoisotopic (exact) mass is 323 g/mol. The maximum absolute atomic E-state index is 12.1. The van der Waals surface area contributed by atoms with E-state index >= 15 is 0 Å². The van der Waals surface area contributed by atoms with Gasteiger partial charge in [-0.3, -0.25) is 0 Å². The van der Waals surface area contributed by atoms with Gasteiger partial charge >= 0.3 is 5.97 Å². The largest absolute Gasteiger partial charge is 0.464 e. The summed E-state index contributed by atoms with van der Waals surface area (Å²) < 4.78 is 6.96. The van der Waals surface area contributed by atoms with Crippen LogP contribution in [-0.2, 0) is 17.7 Å². The van der Waals surface area contributed by atoms with E-state index in [9.17, 15) is 4.79 Å². The number of allylic oxidation sites excluding steroid dienone is 1.